The first-order valence-corrected chi connectivity index (χ1v) is 13.6. The number of carbonyl (C=O) groups is 3. The number of hydrogen-bond acceptors (Lipinski definition) is 8. The van der Waals surface area contributed by atoms with E-state index in [2.05, 4.69) is 0 Å². The third kappa shape index (κ3) is 6.19. The summed E-state index contributed by atoms with van der Waals surface area (Å²) in [7, 11) is 1.48. The Labute approximate surface area is 234 Å². The van der Waals surface area contributed by atoms with Crippen LogP contribution in [0.5, 0.6) is 0 Å². The number of ether oxygens (including phenoxy) is 2. The Balaban J connectivity index is 1.68. The minimum atomic E-state index is -0.799. The minimum Gasteiger partial charge on any atom is -0.493 e. The van der Waals surface area contributed by atoms with Gasteiger partial charge in [0.2, 0.25) is 6.10 Å². The van der Waals surface area contributed by atoms with Gasteiger partial charge in [-0.1, -0.05) is 13.0 Å². The molecule has 10 heteroatoms. The number of methoxy groups -OCH3 is 1. The van der Waals surface area contributed by atoms with Crippen LogP contribution in [-0.4, -0.2) is 67.4 Å². The first-order chi connectivity index (χ1) is 19.3. The highest BCUT2D eigenvalue weighted by atomic mass is 19.1. The summed E-state index contributed by atoms with van der Waals surface area (Å²) in [4.78, 5) is 40.8. The Morgan fingerprint density at radius 3 is 2.55 bits per heavy atom. The number of rotatable bonds is 11. The SMILES string of the molecule is CC/C(F)=C(\C(OC)=C(/CC=O)N(/C=C(\C)C=O)C1CC1)N1CCc2ccc(N3CC(C#N)OC3=O)cc2CC1. The molecule has 0 radical (unpaired) electrons. The normalized spacial score (nSPS) is 20.4. The van der Waals surface area contributed by atoms with Crippen molar-refractivity contribution in [2.24, 2.45) is 0 Å². The molecule has 1 unspecified atom stereocenters. The molecule has 3 aliphatic rings. The first-order valence-electron chi connectivity index (χ1n) is 13.6. The average molecular weight is 551 g/mol. The highest BCUT2D eigenvalue weighted by molar-refractivity contribution is 5.90. The standard InChI is InChI=1S/C30H35FN4O5/c1-4-26(31)28(29(39-3)27(11-14-36)34(23-7-8-23)17-20(2)19-37)33-12-9-21-5-6-24(15-22(21)10-13-33)35-18-25(16-32)40-30(35)38/h5-6,14-15,17,19,23,25H,4,7-13,18H2,1-3H3/b20-17+,28-26-,29-27-. The molecular formula is C30H35FN4O5. The number of anilines is 1. The van der Waals surface area contributed by atoms with Crippen molar-refractivity contribution in [2.45, 2.75) is 64.5 Å². The van der Waals surface area contributed by atoms with Crippen LogP contribution < -0.4 is 4.90 Å². The second kappa shape index (κ2) is 12.8. The molecule has 1 saturated carbocycles. The van der Waals surface area contributed by atoms with Crippen LogP contribution >= 0.6 is 0 Å². The zero-order valence-corrected chi connectivity index (χ0v) is 23.2. The molecule has 40 heavy (non-hydrogen) atoms. The van der Waals surface area contributed by atoms with Crippen LogP contribution in [0.4, 0.5) is 14.9 Å². The van der Waals surface area contributed by atoms with E-state index in [1.165, 1.54) is 12.0 Å². The highest BCUT2D eigenvalue weighted by Crippen LogP contribution is 2.37. The maximum atomic E-state index is 15.7. The van der Waals surface area contributed by atoms with E-state index in [1.807, 2.05) is 34.1 Å². The van der Waals surface area contributed by atoms with E-state index in [0.717, 1.165) is 36.5 Å². The summed E-state index contributed by atoms with van der Waals surface area (Å²) in [6, 6.07) is 7.84. The Morgan fingerprint density at radius 2 is 1.98 bits per heavy atom. The first kappa shape index (κ1) is 28.9. The van der Waals surface area contributed by atoms with Crippen LogP contribution in [0.3, 0.4) is 0 Å². The van der Waals surface area contributed by atoms with Gasteiger partial charge in [-0.25, -0.2) is 9.18 Å². The molecule has 1 aromatic rings. The number of nitriles is 1. The number of allylic oxidation sites excluding steroid dienone is 3. The molecule has 1 aliphatic carbocycles. The van der Waals surface area contributed by atoms with Crippen molar-refractivity contribution in [3.8, 4) is 6.07 Å². The number of carbonyl (C=O) groups excluding carboxylic acids is 3. The molecular weight excluding hydrogens is 515 g/mol. The van der Waals surface area contributed by atoms with Crippen LogP contribution in [0.2, 0.25) is 0 Å². The Hall–Kier alpha value is -4.13. The lowest BCUT2D eigenvalue weighted by molar-refractivity contribution is -0.107. The van der Waals surface area contributed by atoms with Gasteiger partial charge in [0.1, 0.15) is 30.2 Å². The summed E-state index contributed by atoms with van der Waals surface area (Å²) in [6.07, 6.45) is 5.08. The third-order valence-corrected chi connectivity index (χ3v) is 7.38. The predicted octanol–water partition coefficient (Wildman–Crippen LogP) is 4.54. The van der Waals surface area contributed by atoms with Crippen LogP contribution in [0.1, 0.15) is 50.7 Å². The maximum absolute atomic E-state index is 15.7. The van der Waals surface area contributed by atoms with Crippen molar-refractivity contribution >= 4 is 24.4 Å². The quantitative estimate of drug-likeness (QED) is 0.171. The van der Waals surface area contributed by atoms with Gasteiger partial charge in [0.25, 0.3) is 0 Å². The molecule has 1 amide bonds. The third-order valence-electron chi connectivity index (χ3n) is 7.38. The lowest BCUT2D eigenvalue weighted by Crippen LogP contribution is -2.31. The van der Waals surface area contributed by atoms with Crippen LogP contribution in [0, 0.1) is 11.3 Å². The number of nitrogens with zero attached hydrogens (tertiary/aromatic N) is 4. The zero-order chi connectivity index (χ0) is 28.8. The Morgan fingerprint density at radius 1 is 1.25 bits per heavy atom. The van der Waals surface area contributed by atoms with Crippen molar-refractivity contribution in [1.29, 1.82) is 5.26 Å². The summed E-state index contributed by atoms with van der Waals surface area (Å²) in [5.41, 5.74) is 4.13. The summed E-state index contributed by atoms with van der Waals surface area (Å²) < 4.78 is 26.7. The molecule has 1 saturated heterocycles. The lowest BCUT2D eigenvalue weighted by atomic mass is 10.0. The molecule has 0 aromatic heterocycles. The number of amides is 1. The van der Waals surface area contributed by atoms with E-state index in [0.29, 0.717) is 54.3 Å². The molecule has 4 rings (SSSR count). The van der Waals surface area contributed by atoms with E-state index in [4.69, 9.17) is 14.7 Å². The predicted molar refractivity (Wildman–Crippen MR) is 146 cm³/mol. The smallest absolute Gasteiger partial charge is 0.415 e. The van der Waals surface area contributed by atoms with Gasteiger partial charge in [0, 0.05) is 43.0 Å². The van der Waals surface area contributed by atoms with Gasteiger partial charge >= 0.3 is 6.09 Å². The molecule has 9 nitrogen and oxygen atoms in total. The lowest BCUT2D eigenvalue weighted by Gasteiger charge is -2.32. The van der Waals surface area contributed by atoms with Gasteiger partial charge in [-0.05, 0) is 62.3 Å². The van der Waals surface area contributed by atoms with Gasteiger partial charge in [-0.3, -0.25) is 9.69 Å². The van der Waals surface area contributed by atoms with Crippen LogP contribution in [0.15, 0.2) is 53.0 Å². The zero-order valence-electron chi connectivity index (χ0n) is 23.2. The molecule has 2 aliphatic heterocycles. The summed E-state index contributed by atoms with van der Waals surface area (Å²) in [5, 5.41) is 9.14. The largest absolute Gasteiger partial charge is 0.493 e. The fourth-order valence-electron chi connectivity index (χ4n) is 5.20. The minimum absolute atomic E-state index is 0.00978. The van der Waals surface area contributed by atoms with Crippen molar-refractivity contribution in [1.82, 2.24) is 9.80 Å². The van der Waals surface area contributed by atoms with Crippen LogP contribution in [0.25, 0.3) is 0 Å². The van der Waals surface area contributed by atoms with E-state index in [-0.39, 0.29) is 31.3 Å². The van der Waals surface area contributed by atoms with Gasteiger partial charge in [-0.15, -0.1) is 0 Å². The van der Waals surface area contributed by atoms with Crippen molar-refractivity contribution in [3.05, 3.63) is 64.1 Å². The fraction of sp³-hybridized carbons (Fsp3) is 0.467. The van der Waals surface area contributed by atoms with Gasteiger partial charge in [0.15, 0.2) is 5.76 Å². The maximum Gasteiger partial charge on any atom is 0.415 e. The van der Waals surface area contributed by atoms with E-state index in [9.17, 15) is 14.4 Å². The van der Waals surface area contributed by atoms with E-state index in [1.54, 1.807) is 20.0 Å². The summed E-state index contributed by atoms with van der Waals surface area (Å²) >= 11 is 0. The molecule has 0 N–H and O–H groups in total. The highest BCUT2D eigenvalue weighted by Gasteiger charge is 2.35. The number of benzene rings is 1. The number of aldehydes is 2. The second-order valence-corrected chi connectivity index (χ2v) is 10.1. The summed E-state index contributed by atoms with van der Waals surface area (Å²) in [6.45, 7) is 4.61. The molecule has 1 atom stereocenters. The summed E-state index contributed by atoms with van der Waals surface area (Å²) in [5.74, 6) is -0.0524. The number of fused-ring (bicyclic) bond motifs is 1. The molecule has 0 spiro atoms. The Kier molecular flexibility index (Phi) is 9.25. The monoisotopic (exact) mass is 550 g/mol. The molecule has 2 fully saturated rings. The van der Waals surface area contributed by atoms with Crippen molar-refractivity contribution in [3.63, 3.8) is 0 Å². The Bertz CT molecular complexity index is 1290. The molecule has 2 heterocycles. The topological polar surface area (TPSA) is 103 Å². The van der Waals surface area contributed by atoms with Gasteiger partial charge in [-0.2, -0.15) is 5.26 Å². The van der Waals surface area contributed by atoms with E-state index < -0.39 is 12.2 Å². The fourth-order valence-corrected chi connectivity index (χ4v) is 5.20. The number of halogens is 1. The van der Waals surface area contributed by atoms with Crippen LogP contribution in [-0.2, 0) is 31.9 Å². The second-order valence-electron chi connectivity index (χ2n) is 10.1. The number of cyclic esters (lactones) is 1. The van der Waals surface area contributed by atoms with Gasteiger partial charge < -0.3 is 24.1 Å². The average Bonchev–Trinajstić information content (AvgIpc) is 3.77. The molecule has 0 bridgehead atoms. The van der Waals surface area contributed by atoms with E-state index >= 15 is 4.39 Å². The van der Waals surface area contributed by atoms with Crippen molar-refractivity contribution < 1.29 is 28.2 Å². The molecule has 1 aromatic carbocycles. The van der Waals surface area contributed by atoms with Gasteiger partial charge in [0.05, 0.1) is 19.4 Å². The molecule has 212 valence electrons. The number of hydrogen-bond donors (Lipinski definition) is 0. The van der Waals surface area contributed by atoms with Crippen molar-refractivity contribution in [2.75, 3.05) is 31.6 Å².